The topological polar surface area (TPSA) is 87.7 Å². The molecule has 9 heteroatoms. The van der Waals surface area contributed by atoms with E-state index in [1.165, 1.54) is 4.90 Å². The van der Waals surface area contributed by atoms with Crippen LogP contribution in [0.3, 0.4) is 0 Å². The van der Waals surface area contributed by atoms with Crippen molar-refractivity contribution in [3.05, 3.63) is 59.7 Å². The van der Waals surface area contributed by atoms with Gasteiger partial charge in [0, 0.05) is 14.1 Å². The van der Waals surface area contributed by atoms with E-state index in [1.54, 1.807) is 14.1 Å². The molecule has 3 rings (SSSR count). The highest BCUT2D eigenvalue weighted by atomic mass is 35.5. The Morgan fingerprint density at radius 2 is 1.67 bits per heavy atom. The van der Waals surface area contributed by atoms with Gasteiger partial charge in [-0.25, -0.2) is 4.84 Å². The third-order valence-electron chi connectivity index (χ3n) is 4.58. The number of carbonyl (C=O) groups excluding carboxylic acids is 3. The third-order valence-corrected chi connectivity index (χ3v) is 5.83. The molecule has 3 amide bonds. The van der Waals surface area contributed by atoms with Gasteiger partial charge in [-0.1, -0.05) is 36.0 Å². The Morgan fingerprint density at radius 1 is 1.10 bits per heavy atom. The number of rotatable bonds is 8. The summed E-state index contributed by atoms with van der Waals surface area (Å²) in [5, 5.41) is 1.61. The molecule has 0 spiro atoms. The molecule has 2 N–H and O–H groups in total. The summed E-state index contributed by atoms with van der Waals surface area (Å²) in [6.07, 6.45) is 0.948. The summed E-state index contributed by atoms with van der Waals surface area (Å²) in [5.74, 6) is 0.985. The van der Waals surface area contributed by atoms with E-state index >= 15 is 0 Å². The van der Waals surface area contributed by atoms with Gasteiger partial charge >= 0.3 is 0 Å². The average Bonchev–Trinajstić information content (AvgIpc) is 3.05. The van der Waals surface area contributed by atoms with Crippen molar-refractivity contribution < 1.29 is 19.1 Å². The number of hydrogen-bond donors (Lipinski definition) is 2. The first-order chi connectivity index (χ1) is 14.4. The van der Waals surface area contributed by atoms with Crippen LogP contribution in [0.15, 0.2) is 48.5 Å². The number of benzene rings is 2. The van der Waals surface area contributed by atoms with Crippen LogP contribution in [0.2, 0.25) is 0 Å². The molecular formula is C21H22ClN3O4S. The second-order valence-corrected chi connectivity index (χ2v) is 8.47. The maximum atomic E-state index is 12.1. The van der Waals surface area contributed by atoms with E-state index in [9.17, 15) is 14.4 Å². The quantitative estimate of drug-likeness (QED) is 0.604. The summed E-state index contributed by atoms with van der Waals surface area (Å²) >= 11 is 6.73. The highest BCUT2D eigenvalue weighted by Gasteiger charge is 2.31. The number of carbonyl (C=O) groups is 3. The fraction of sp³-hybridized carbons (Fsp3) is 0.286. The lowest BCUT2D eigenvalue weighted by Crippen LogP contribution is -2.41. The fourth-order valence-corrected chi connectivity index (χ4v) is 4.02. The van der Waals surface area contributed by atoms with Gasteiger partial charge in [0.1, 0.15) is 17.5 Å². The lowest BCUT2D eigenvalue weighted by molar-refractivity contribution is -0.130. The first-order valence-corrected chi connectivity index (χ1v) is 10.6. The van der Waals surface area contributed by atoms with Gasteiger partial charge in [0.2, 0.25) is 11.8 Å². The number of thioether (sulfide) groups is 1. The van der Waals surface area contributed by atoms with Crippen LogP contribution in [0, 0.1) is 0 Å². The molecule has 1 heterocycles. The van der Waals surface area contributed by atoms with Crippen molar-refractivity contribution in [1.82, 2.24) is 15.1 Å². The first kappa shape index (κ1) is 22.1. The SMILES string of the molecule is CN(C)C(=O)[C@H](Cc1ccc(Oc2ccc(CC3SC(=O)NC3=O)cc2)cc1)NCl. The molecule has 158 valence electrons. The van der Waals surface area contributed by atoms with Crippen LogP contribution in [0.1, 0.15) is 11.1 Å². The molecule has 1 aliphatic heterocycles. The van der Waals surface area contributed by atoms with E-state index in [1.807, 2.05) is 48.5 Å². The fourth-order valence-electron chi connectivity index (χ4n) is 2.98. The van der Waals surface area contributed by atoms with Crippen molar-refractivity contribution in [3.8, 4) is 11.5 Å². The molecule has 0 aliphatic carbocycles. The zero-order valence-electron chi connectivity index (χ0n) is 16.6. The Kier molecular flexibility index (Phi) is 7.36. The zero-order chi connectivity index (χ0) is 21.7. The number of likely N-dealkylation sites (N-methyl/N-ethyl adjacent to an activating group) is 1. The third kappa shape index (κ3) is 5.75. The molecule has 1 unspecified atom stereocenters. The second kappa shape index (κ2) is 9.97. The summed E-state index contributed by atoms with van der Waals surface area (Å²) in [5.41, 5.74) is 1.90. The number of nitrogens with zero attached hydrogens (tertiary/aromatic N) is 1. The summed E-state index contributed by atoms with van der Waals surface area (Å²) in [4.78, 5) is 39.0. The highest BCUT2D eigenvalue weighted by Crippen LogP contribution is 2.26. The van der Waals surface area contributed by atoms with Crippen molar-refractivity contribution in [3.63, 3.8) is 0 Å². The van der Waals surface area contributed by atoms with Gasteiger partial charge < -0.3 is 9.64 Å². The first-order valence-electron chi connectivity index (χ1n) is 9.30. The monoisotopic (exact) mass is 447 g/mol. The Balaban J connectivity index is 1.57. The van der Waals surface area contributed by atoms with E-state index in [2.05, 4.69) is 10.2 Å². The molecule has 0 aromatic heterocycles. The minimum atomic E-state index is -0.503. The van der Waals surface area contributed by atoms with Crippen LogP contribution in [0.4, 0.5) is 4.79 Å². The zero-order valence-corrected chi connectivity index (χ0v) is 18.1. The minimum absolute atomic E-state index is 0.0942. The molecule has 2 aromatic rings. The normalized spacial score (nSPS) is 16.8. The maximum Gasteiger partial charge on any atom is 0.286 e. The van der Waals surface area contributed by atoms with Crippen molar-refractivity contribution >= 4 is 40.6 Å². The smallest absolute Gasteiger partial charge is 0.286 e. The predicted octanol–water partition coefficient (Wildman–Crippen LogP) is 3.12. The Morgan fingerprint density at radius 3 is 2.13 bits per heavy atom. The van der Waals surface area contributed by atoms with Gasteiger partial charge in [0.15, 0.2) is 0 Å². The molecule has 2 atom stereocenters. The van der Waals surface area contributed by atoms with Gasteiger partial charge in [-0.2, -0.15) is 0 Å². The average molecular weight is 448 g/mol. The van der Waals surface area contributed by atoms with Gasteiger partial charge in [0.05, 0.1) is 5.25 Å². The number of amides is 3. The molecule has 1 aliphatic rings. The van der Waals surface area contributed by atoms with Crippen molar-refractivity contribution in [2.24, 2.45) is 0 Å². The number of ether oxygens (including phenoxy) is 1. The van der Waals surface area contributed by atoms with Crippen molar-refractivity contribution in [2.45, 2.75) is 24.1 Å². The largest absolute Gasteiger partial charge is 0.457 e. The lowest BCUT2D eigenvalue weighted by atomic mass is 10.1. The van der Waals surface area contributed by atoms with Gasteiger partial charge in [-0.15, -0.1) is 0 Å². The second-order valence-electron chi connectivity index (χ2n) is 7.08. The molecule has 1 saturated heterocycles. The van der Waals surface area contributed by atoms with Gasteiger partial charge in [-0.05, 0) is 60.0 Å². The van der Waals surface area contributed by atoms with Crippen molar-refractivity contribution in [1.29, 1.82) is 0 Å². The van der Waals surface area contributed by atoms with Gasteiger partial charge in [0.25, 0.3) is 5.24 Å². The molecule has 2 aromatic carbocycles. The van der Waals surface area contributed by atoms with E-state index in [0.29, 0.717) is 24.3 Å². The highest BCUT2D eigenvalue weighted by molar-refractivity contribution is 8.15. The number of halogens is 1. The molecule has 0 radical (unpaired) electrons. The van der Waals surface area contributed by atoms with E-state index in [0.717, 1.165) is 22.9 Å². The van der Waals surface area contributed by atoms with Crippen LogP contribution in [-0.2, 0) is 22.4 Å². The molecule has 7 nitrogen and oxygen atoms in total. The summed E-state index contributed by atoms with van der Waals surface area (Å²) in [7, 11) is 3.37. The van der Waals surface area contributed by atoms with Crippen LogP contribution >= 0.6 is 23.5 Å². The van der Waals surface area contributed by atoms with E-state index in [-0.39, 0.29) is 22.3 Å². The van der Waals surface area contributed by atoms with Crippen LogP contribution in [0.25, 0.3) is 0 Å². The number of imide groups is 1. The van der Waals surface area contributed by atoms with Crippen molar-refractivity contribution in [2.75, 3.05) is 14.1 Å². The van der Waals surface area contributed by atoms with E-state index < -0.39 is 6.04 Å². The molecule has 0 saturated carbocycles. The van der Waals surface area contributed by atoms with Crippen LogP contribution < -0.4 is 14.9 Å². The van der Waals surface area contributed by atoms with E-state index in [4.69, 9.17) is 16.5 Å². The Hall–Kier alpha value is -2.55. The summed E-state index contributed by atoms with van der Waals surface area (Å²) < 4.78 is 5.86. The number of nitrogens with one attached hydrogen (secondary N) is 2. The Bertz CT molecular complexity index is 919. The maximum absolute atomic E-state index is 12.1. The Labute approximate surface area is 184 Å². The molecule has 30 heavy (non-hydrogen) atoms. The molecule has 1 fully saturated rings. The summed E-state index contributed by atoms with van der Waals surface area (Å²) in [6, 6.07) is 14.4. The number of hydrogen-bond acceptors (Lipinski definition) is 6. The predicted molar refractivity (Wildman–Crippen MR) is 117 cm³/mol. The van der Waals surface area contributed by atoms with Crippen LogP contribution in [0.5, 0.6) is 11.5 Å². The van der Waals surface area contributed by atoms with Crippen LogP contribution in [-0.4, -0.2) is 47.3 Å². The lowest BCUT2D eigenvalue weighted by Gasteiger charge is -2.19. The minimum Gasteiger partial charge on any atom is -0.457 e. The molecular weight excluding hydrogens is 426 g/mol. The van der Waals surface area contributed by atoms with Gasteiger partial charge in [-0.3, -0.25) is 19.7 Å². The standard InChI is InChI=1S/C21H22ClN3O4S/c1-25(2)20(27)17(24-22)11-13-3-7-15(8-4-13)29-16-9-5-14(6-10-16)12-18-19(26)23-21(28)30-18/h3-10,17-18,24H,11-12H2,1-2H3,(H,23,26,28)/t17-,18?/m0/s1. The summed E-state index contributed by atoms with van der Waals surface area (Å²) in [6.45, 7) is 0. The molecule has 0 bridgehead atoms.